The van der Waals surface area contributed by atoms with Gasteiger partial charge in [0.25, 0.3) is 5.82 Å². The van der Waals surface area contributed by atoms with Crippen LogP contribution in [0.3, 0.4) is 0 Å². The molecule has 0 atom stereocenters. The van der Waals surface area contributed by atoms with Crippen LogP contribution in [-0.2, 0) is 13.6 Å². The zero-order chi connectivity index (χ0) is 8.27. The van der Waals surface area contributed by atoms with Crippen LogP contribution in [0.5, 0.6) is 0 Å². The third-order valence-corrected chi connectivity index (χ3v) is 2.49. The van der Waals surface area contributed by atoms with Crippen molar-refractivity contribution in [2.24, 2.45) is 7.05 Å². The molecule has 0 fully saturated rings. The van der Waals surface area contributed by atoms with E-state index in [2.05, 4.69) is 51.4 Å². The number of nitrogens with zero attached hydrogens (tertiary/aromatic N) is 2. The Morgan fingerprint density at radius 2 is 2.25 bits per heavy atom. The smallest absolute Gasteiger partial charge is 0.253 e. The molecule has 0 aliphatic carbocycles. The van der Waals surface area contributed by atoms with E-state index in [1.54, 1.807) is 0 Å². The Morgan fingerprint density at radius 1 is 1.58 bits per heavy atom. The molecule has 0 unspecified atom stereocenters. The van der Waals surface area contributed by atoms with Gasteiger partial charge in [-0.3, -0.25) is 0 Å². The lowest BCUT2D eigenvalue weighted by atomic mass is 10.5. The fourth-order valence-corrected chi connectivity index (χ4v) is 1.32. The highest BCUT2D eigenvalue weighted by atomic mass is 79.9. The van der Waals surface area contributed by atoms with E-state index in [1.165, 1.54) is 12.2 Å². The predicted octanol–water partition coefficient (Wildman–Crippen LogP) is -1.59. The van der Waals surface area contributed by atoms with Gasteiger partial charge in [0.05, 0.1) is 13.6 Å². The second kappa shape index (κ2) is 5.75. The van der Waals surface area contributed by atoms with E-state index in [1.807, 2.05) is 0 Å². The Hall–Kier alpha value is 0.170. The third kappa shape index (κ3) is 2.90. The van der Waals surface area contributed by atoms with Gasteiger partial charge in [0.2, 0.25) is 0 Å². The molecule has 12 heavy (non-hydrogen) atoms. The summed E-state index contributed by atoms with van der Waals surface area (Å²) in [6.07, 6.45) is 5.40. The molecule has 0 aromatic carbocycles. The molecule has 0 amide bonds. The fraction of sp³-hybridized carbons (Fsp3) is 0.625. The summed E-state index contributed by atoms with van der Waals surface area (Å²) in [6.45, 7) is 3.24. The highest BCUT2D eigenvalue weighted by molar-refractivity contribution is 9.09. The summed E-state index contributed by atoms with van der Waals surface area (Å²) in [5, 5.41) is 1.08. The number of hydrogen-bond donors (Lipinski definition) is 0. The summed E-state index contributed by atoms with van der Waals surface area (Å²) in [6, 6.07) is 0. The van der Waals surface area contributed by atoms with Gasteiger partial charge in [-0.05, 0) is 6.42 Å². The zero-order valence-corrected chi connectivity index (χ0v) is 10.6. The molecule has 4 heteroatoms. The van der Waals surface area contributed by atoms with Crippen LogP contribution in [0.25, 0.3) is 0 Å². The van der Waals surface area contributed by atoms with Crippen molar-refractivity contribution in [1.82, 2.24) is 4.57 Å². The monoisotopic (exact) mass is 296 g/mol. The molecule has 70 valence electrons. The minimum Gasteiger partial charge on any atom is -1.00 e. The first kappa shape index (κ1) is 12.2. The van der Waals surface area contributed by atoms with Gasteiger partial charge in [0, 0.05) is 12.3 Å². The van der Waals surface area contributed by atoms with Gasteiger partial charge >= 0.3 is 0 Å². The van der Waals surface area contributed by atoms with Crippen molar-refractivity contribution in [3.05, 3.63) is 18.2 Å². The van der Waals surface area contributed by atoms with E-state index >= 15 is 0 Å². The molecule has 0 saturated carbocycles. The first-order chi connectivity index (χ1) is 5.25. The minimum atomic E-state index is 0. The topological polar surface area (TPSA) is 8.81 Å². The summed E-state index contributed by atoms with van der Waals surface area (Å²) in [5.41, 5.74) is 0. The Morgan fingerprint density at radius 3 is 2.67 bits per heavy atom. The first-order valence-corrected chi connectivity index (χ1v) is 4.95. The molecule has 0 bridgehead atoms. The average molecular weight is 298 g/mol. The first-order valence-electron chi connectivity index (χ1n) is 3.83. The number of imidazole rings is 1. The lowest BCUT2D eigenvalue weighted by molar-refractivity contribution is -0.677. The molecule has 1 heterocycles. The number of hydrogen-bond acceptors (Lipinski definition) is 0. The fourth-order valence-electron chi connectivity index (χ4n) is 1.07. The van der Waals surface area contributed by atoms with Crippen molar-refractivity contribution in [3.63, 3.8) is 0 Å². The van der Waals surface area contributed by atoms with E-state index in [4.69, 9.17) is 0 Å². The Labute approximate surface area is 92.5 Å². The molecule has 2 nitrogen and oxygen atoms in total. The van der Waals surface area contributed by atoms with Crippen LogP contribution in [0.2, 0.25) is 0 Å². The molecule has 1 aromatic heterocycles. The summed E-state index contributed by atoms with van der Waals surface area (Å²) in [5.74, 6) is 1.31. The summed E-state index contributed by atoms with van der Waals surface area (Å²) in [4.78, 5) is 0. The number of alkyl halides is 1. The van der Waals surface area contributed by atoms with Crippen molar-refractivity contribution >= 4 is 15.9 Å². The van der Waals surface area contributed by atoms with Crippen molar-refractivity contribution in [3.8, 4) is 0 Å². The van der Waals surface area contributed by atoms with Crippen molar-refractivity contribution in [2.45, 2.75) is 19.9 Å². The molecular weight excluding hydrogens is 284 g/mol. The lowest BCUT2D eigenvalue weighted by Crippen LogP contribution is -3.00. The van der Waals surface area contributed by atoms with Gasteiger partial charge in [0.1, 0.15) is 12.4 Å². The SMILES string of the molecule is Cc1n(CCCBr)cc[n+]1C.[Br-]. The maximum atomic E-state index is 3.42. The molecule has 1 aromatic rings. The zero-order valence-electron chi connectivity index (χ0n) is 7.43. The van der Waals surface area contributed by atoms with Gasteiger partial charge in [-0.15, -0.1) is 0 Å². The molecule has 0 N–H and O–H groups in total. The number of halogens is 2. The molecular formula is C8H14Br2N2. The second-order valence-corrected chi connectivity index (χ2v) is 3.49. The van der Waals surface area contributed by atoms with Crippen molar-refractivity contribution in [2.75, 3.05) is 5.33 Å². The standard InChI is InChI=1S/C8H14BrN2.BrH/c1-8-10(2)6-7-11(8)5-3-4-9;/h6-7H,3-5H2,1-2H3;1H/q+1;/p-1. The lowest BCUT2D eigenvalue weighted by Gasteiger charge is -1.95. The van der Waals surface area contributed by atoms with E-state index in [0.717, 1.165) is 11.9 Å². The Bertz CT molecular complexity index is 233. The second-order valence-electron chi connectivity index (χ2n) is 2.69. The minimum absolute atomic E-state index is 0. The maximum absolute atomic E-state index is 3.42. The van der Waals surface area contributed by atoms with Gasteiger partial charge in [-0.1, -0.05) is 15.9 Å². The maximum Gasteiger partial charge on any atom is 0.253 e. The van der Waals surface area contributed by atoms with Crippen LogP contribution in [0.4, 0.5) is 0 Å². The number of aryl methyl sites for hydroxylation is 2. The number of aromatic nitrogens is 2. The Kier molecular flexibility index (Phi) is 5.84. The molecule has 1 rings (SSSR count). The third-order valence-electron chi connectivity index (χ3n) is 1.93. The van der Waals surface area contributed by atoms with Crippen LogP contribution in [0.1, 0.15) is 12.2 Å². The van der Waals surface area contributed by atoms with Crippen LogP contribution in [-0.4, -0.2) is 9.90 Å². The van der Waals surface area contributed by atoms with Gasteiger partial charge in [0.15, 0.2) is 0 Å². The van der Waals surface area contributed by atoms with Crippen LogP contribution in [0, 0.1) is 6.92 Å². The van der Waals surface area contributed by atoms with Crippen molar-refractivity contribution in [1.29, 1.82) is 0 Å². The quantitative estimate of drug-likeness (QED) is 0.470. The predicted molar refractivity (Wildman–Crippen MR) is 48.8 cm³/mol. The average Bonchev–Trinajstić information content (AvgIpc) is 2.31. The van der Waals surface area contributed by atoms with Crippen LogP contribution in [0.15, 0.2) is 12.4 Å². The summed E-state index contributed by atoms with van der Waals surface area (Å²) >= 11 is 3.42. The highest BCUT2D eigenvalue weighted by Gasteiger charge is 2.06. The molecule has 0 saturated heterocycles. The molecule has 0 aliphatic heterocycles. The Balaban J connectivity index is 0.00000121. The van der Waals surface area contributed by atoms with E-state index in [-0.39, 0.29) is 17.0 Å². The van der Waals surface area contributed by atoms with Crippen LogP contribution >= 0.6 is 15.9 Å². The highest BCUT2D eigenvalue weighted by Crippen LogP contribution is 1.96. The van der Waals surface area contributed by atoms with Crippen molar-refractivity contribution < 1.29 is 21.5 Å². The summed E-state index contributed by atoms with van der Waals surface area (Å²) in [7, 11) is 2.07. The van der Waals surface area contributed by atoms with E-state index in [0.29, 0.717) is 0 Å². The van der Waals surface area contributed by atoms with Gasteiger partial charge in [-0.2, -0.15) is 0 Å². The van der Waals surface area contributed by atoms with E-state index < -0.39 is 0 Å². The normalized spacial score (nSPS) is 9.58. The number of rotatable bonds is 3. The van der Waals surface area contributed by atoms with Crippen LogP contribution < -0.4 is 21.5 Å². The molecule has 0 radical (unpaired) electrons. The van der Waals surface area contributed by atoms with Gasteiger partial charge < -0.3 is 17.0 Å². The van der Waals surface area contributed by atoms with Gasteiger partial charge in [-0.25, -0.2) is 9.13 Å². The molecule has 0 spiro atoms. The largest absolute Gasteiger partial charge is 1.00 e. The molecule has 0 aliphatic rings. The van der Waals surface area contributed by atoms with E-state index in [9.17, 15) is 0 Å². The summed E-state index contributed by atoms with van der Waals surface area (Å²) < 4.78 is 4.40.